The van der Waals surface area contributed by atoms with Crippen molar-refractivity contribution < 1.29 is 8.78 Å². The van der Waals surface area contributed by atoms with Gasteiger partial charge in [-0.1, -0.05) is 31.4 Å². The minimum atomic E-state index is -2.51. The summed E-state index contributed by atoms with van der Waals surface area (Å²) in [7, 11) is 0. The SMILES string of the molecule is CCCCC1(C(F)F)c2ccncc2Nc2ccc(Cl)cc21. The Kier molecular flexibility index (Phi) is 4.04. The van der Waals surface area contributed by atoms with Crippen molar-refractivity contribution >= 4 is 23.0 Å². The maximum atomic E-state index is 14.3. The molecule has 1 aromatic heterocycles. The fourth-order valence-electron chi connectivity index (χ4n) is 3.24. The van der Waals surface area contributed by atoms with E-state index in [0.29, 0.717) is 33.9 Å². The second-order valence-electron chi connectivity index (χ2n) is 5.61. The summed E-state index contributed by atoms with van der Waals surface area (Å²) in [6, 6.07) is 6.82. The monoisotopic (exact) mass is 322 g/mol. The molecule has 5 heteroatoms. The molecule has 116 valence electrons. The minimum Gasteiger partial charge on any atom is -0.354 e. The molecule has 2 heterocycles. The molecule has 0 fully saturated rings. The number of fused-ring (bicyclic) bond motifs is 2. The number of alkyl halides is 2. The molecule has 0 saturated heterocycles. The van der Waals surface area contributed by atoms with Gasteiger partial charge in [-0.05, 0) is 41.8 Å². The van der Waals surface area contributed by atoms with Crippen LogP contribution in [0.1, 0.15) is 37.3 Å². The van der Waals surface area contributed by atoms with Crippen molar-refractivity contribution in [1.29, 1.82) is 0 Å². The lowest BCUT2D eigenvalue weighted by Gasteiger charge is -2.40. The zero-order valence-corrected chi connectivity index (χ0v) is 13.0. The molecule has 0 spiro atoms. The highest BCUT2D eigenvalue weighted by atomic mass is 35.5. The van der Waals surface area contributed by atoms with E-state index in [2.05, 4.69) is 10.3 Å². The van der Waals surface area contributed by atoms with Gasteiger partial charge in [0.05, 0.1) is 17.3 Å². The Bertz CT molecular complexity index is 690. The summed E-state index contributed by atoms with van der Waals surface area (Å²) >= 11 is 6.08. The lowest BCUT2D eigenvalue weighted by atomic mass is 9.68. The van der Waals surface area contributed by atoms with Crippen molar-refractivity contribution in [2.75, 3.05) is 5.32 Å². The predicted molar refractivity (Wildman–Crippen MR) is 85.3 cm³/mol. The Balaban J connectivity index is 2.28. The van der Waals surface area contributed by atoms with Crippen LogP contribution in [0.2, 0.25) is 5.02 Å². The third kappa shape index (κ3) is 2.26. The lowest BCUT2D eigenvalue weighted by Crippen LogP contribution is -2.39. The predicted octanol–water partition coefficient (Wildman–Crippen LogP) is 5.53. The van der Waals surface area contributed by atoms with Crippen molar-refractivity contribution in [2.45, 2.75) is 38.0 Å². The number of halogens is 3. The van der Waals surface area contributed by atoms with Crippen LogP contribution in [-0.4, -0.2) is 11.4 Å². The van der Waals surface area contributed by atoms with Gasteiger partial charge < -0.3 is 5.32 Å². The molecule has 1 aliphatic rings. The van der Waals surface area contributed by atoms with Gasteiger partial charge in [0, 0.05) is 16.9 Å². The molecule has 2 nitrogen and oxygen atoms in total. The number of rotatable bonds is 4. The van der Waals surface area contributed by atoms with Crippen LogP contribution in [0, 0.1) is 0 Å². The number of benzene rings is 1. The number of nitrogens with zero attached hydrogens (tertiary/aromatic N) is 1. The molecule has 1 N–H and O–H groups in total. The number of pyridine rings is 1. The minimum absolute atomic E-state index is 0.382. The topological polar surface area (TPSA) is 24.9 Å². The molecule has 0 aliphatic carbocycles. The fourth-order valence-corrected chi connectivity index (χ4v) is 3.41. The molecule has 0 radical (unpaired) electrons. The summed E-state index contributed by atoms with van der Waals surface area (Å²) < 4.78 is 28.6. The summed E-state index contributed by atoms with van der Waals surface area (Å²) in [5, 5.41) is 3.67. The number of nitrogens with one attached hydrogen (secondary N) is 1. The zero-order valence-electron chi connectivity index (χ0n) is 12.2. The van der Waals surface area contributed by atoms with E-state index in [1.54, 1.807) is 36.7 Å². The first-order chi connectivity index (χ1) is 10.6. The molecule has 0 amide bonds. The maximum Gasteiger partial charge on any atom is 0.252 e. The molecule has 0 bridgehead atoms. The second-order valence-corrected chi connectivity index (χ2v) is 6.05. The third-order valence-electron chi connectivity index (χ3n) is 4.33. The first-order valence-corrected chi connectivity index (χ1v) is 7.77. The number of aromatic nitrogens is 1. The Hall–Kier alpha value is -1.68. The van der Waals surface area contributed by atoms with E-state index in [4.69, 9.17) is 11.6 Å². The van der Waals surface area contributed by atoms with Gasteiger partial charge in [0.2, 0.25) is 0 Å². The second kappa shape index (κ2) is 5.84. The molecule has 2 aromatic rings. The smallest absolute Gasteiger partial charge is 0.252 e. The molecular weight excluding hydrogens is 306 g/mol. The van der Waals surface area contributed by atoms with Crippen molar-refractivity contribution in [1.82, 2.24) is 4.98 Å². The van der Waals surface area contributed by atoms with Crippen LogP contribution in [0.4, 0.5) is 20.2 Å². The van der Waals surface area contributed by atoms with Crippen molar-refractivity contribution in [3.05, 3.63) is 52.8 Å². The number of hydrogen-bond acceptors (Lipinski definition) is 2. The highest BCUT2D eigenvalue weighted by molar-refractivity contribution is 6.30. The van der Waals surface area contributed by atoms with E-state index in [1.165, 1.54) is 0 Å². The summed E-state index contributed by atoms with van der Waals surface area (Å²) in [6.45, 7) is 2.01. The lowest BCUT2D eigenvalue weighted by molar-refractivity contribution is 0.0647. The van der Waals surface area contributed by atoms with Crippen molar-refractivity contribution in [3.8, 4) is 0 Å². The molecule has 0 saturated carbocycles. The molecule has 22 heavy (non-hydrogen) atoms. The maximum absolute atomic E-state index is 14.3. The van der Waals surface area contributed by atoms with E-state index < -0.39 is 11.8 Å². The zero-order chi connectivity index (χ0) is 15.7. The van der Waals surface area contributed by atoms with Gasteiger partial charge in [-0.15, -0.1) is 0 Å². The van der Waals surface area contributed by atoms with Crippen LogP contribution < -0.4 is 5.32 Å². The number of anilines is 2. The third-order valence-corrected chi connectivity index (χ3v) is 4.57. The van der Waals surface area contributed by atoms with Crippen LogP contribution in [0.25, 0.3) is 0 Å². The summed E-state index contributed by atoms with van der Waals surface area (Å²) in [5.74, 6) is 0. The van der Waals surface area contributed by atoms with Gasteiger partial charge in [-0.2, -0.15) is 0 Å². The number of hydrogen-bond donors (Lipinski definition) is 1. The van der Waals surface area contributed by atoms with E-state index in [0.717, 1.165) is 12.8 Å². The highest BCUT2D eigenvalue weighted by Crippen LogP contribution is 2.52. The van der Waals surface area contributed by atoms with Crippen molar-refractivity contribution in [3.63, 3.8) is 0 Å². The van der Waals surface area contributed by atoms with Crippen molar-refractivity contribution in [2.24, 2.45) is 0 Å². The Morgan fingerprint density at radius 1 is 1.23 bits per heavy atom. The van der Waals surface area contributed by atoms with Gasteiger partial charge >= 0.3 is 0 Å². The molecule has 3 rings (SSSR count). The van der Waals surface area contributed by atoms with E-state index in [1.807, 2.05) is 6.92 Å². The fraction of sp³-hybridized carbons (Fsp3) is 0.353. The summed E-state index contributed by atoms with van der Waals surface area (Å²) in [4.78, 5) is 4.06. The van der Waals surface area contributed by atoms with Gasteiger partial charge in [-0.25, -0.2) is 8.78 Å². The van der Waals surface area contributed by atoms with Gasteiger partial charge in [0.1, 0.15) is 0 Å². The van der Waals surface area contributed by atoms with Gasteiger partial charge in [-0.3, -0.25) is 4.98 Å². The Morgan fingerprint density at radius 2 is 2.05 bits per heavy atom. The largest absolute Gasteiger partial charge is 0.354 e. The molecule has 1 atom stereocenters. The summed E-state index contributed by atoms with van der Waals surface area (Å²) in [6.07, 6.45) is 2.62. The first kappa shape index (κ1) is 15.2. The van der Waals surface area contributed by atoms with Crippen LogP contribution in [0.5, 0.6) is 0 Å². The van der Waals surface area contributed by atoms with Crippen LogP contribution in [0.15, 0.2) is 36.7 Å². The summed E-state index contributed by atoms with van der Waals surface area (Å²) in [5.41, 5.74) is 1.16. The quantitative estimate of drug-likeness (QED) is 0.800. The number of unbranched alkanes of at least 4 members (excludes halogenated alkanes) is 1. The Labute approximate surface area is 133 Å². The normalized spacial score (nSPS) is 19.5. The van der Waals surface area contributed by atoms with Crippen LogP contribution >= 0.6 is 11.6 Å². The first-order valence-electron chi connectivity index (χ1n) is 7.39. The molecular formula is C17H17ClF2N2. The average Bonchev–Trinajstić information content (AvgIpc) is 2.51. The van der Waals surface area contributed by atoms with Gasteiger partial charge in [0.15, 0.2) is 0 Å². The molecule has 1 aliphatic heterocycles. The Morgan fingerprint density at radius 3 is 2.77 bits per heavy atom. The molecule has 1 aromatic carbocycles. The van der Waals surface area contributed by atoms with E-state index in [-0.39, 0.29) is 0 Å². The highest BCUT2D eigenvalue weighted by Gasteiger charge is 2.48. The van der Waals surface area contributed by atoms with E-state index >= 15 is 0 Å². The standard InChI is InChI=1S/C17H17ClF2N2/c1-2-3-7-17(16(19)20)12-6-8-21-10-15(12)22-14-5-4-11(18)9-13(14)17/h4-6,8-10,16,22H,2-3,7H2,1H3. The van der Waals surface area contributed by atoms with Crippen LogP contribution in [0.3, 0.4) is 0 Å². The van der Waals surface area contributed by atoms with E-state index in [9.17, 15) is 8.78 Å². The molecule has 1 unspecified atom stereocenters. The van der Waals surface area contributed by atoms with Gasteiger partial charge in [0.25, 0.3) is 6.43 Å². The van der Waals surface area contributed by atoms with Crippen LogP contribution in [-0.2, 0) is 5.41 Å². The average molecular weight is 323 g/mol.